The van der Waals surface area contributed by atoms with Crippen molar-refractivity contribution in [2.75, 3.05) is 5.32 Å². The van der Waals surface area contributed by atoms with Gasteiger partial charge in [0.2, 0.25) is 0 Å². The van der Waals surface area contributed by atoms with Gasteiger partial charge in [0.1, 0.15) is 12.1 Å². The average Bonchev–Trinajstić information content (AvgIpc) is 3.13. The number of nitrogens with zero attached hydrogens (tertiary/aromatic N) is 6. The van der Waals surface area contributed by atoms with Gasteiger partial charge in [0, 0.05) is 9.86 Å². The van der Waals surface area contributed by atoms with Crippen LogP contribution in [-0.2, 0) is 5.54 Å². The fourth-order valence-corrected chi connectivity index (χ4v) is 4.72. The first kappa shape index (κ1) is 24.6. The molecule has 0 bridgehead atoms. The zero-order valence-electron chi connectivity index (χ0n) is 20.6. The smallest absolute Gasteiger partial charge is 0.174 e. The molecule has 3 aromatic rings. The van der Waals surface area contributed by atoms with Crippen molar-refractivity contribution in [3.63, 3.8) is 0 Å². The van der Waals surface area contributed by atoms with Crippen molar-refractivity contribution in [1.82, 2.24) is 30.2 Å². The summed E-state index contributed by atoms with van der Waals surface area (Å²) < 4.78 is 2.99. The summed E-state index contributed by atoms with van der Waals surface area (Å²) in [5.41, 5.74) is 1.01. The van der Waals surface area contributed by atoms with E-state index >= 15 is 0 Å². The first-order chi connectivity index (χ1) is 14.8. The van der Waals surface area contributed by atoms with Crippen LogP contribution >= 0.6 is 15.9 Å². The summed E-state index contributed by atoms with van der Waals surface area (Å²) in [5, 5.41) is 17.6. The number of fused-ring (bicyclic) bond motifs is 1. The molecule has 1 atom stereocenters. The quantitative estimate of drug-likeness (QED) is 0.396. The molecule has 0 spiro atoms. The van der Waals surface area contributed by atoms with Gasteiger partial charge in [-0.3, -0.25) is 0 Å². The van der Waals surface area contributed by atoms with Crippen LogP contribution in [0.15, 0.2) is 29.0 Å². The lowest BCUT2D eigenvalue weighted by Crippen LogP contribution is -2.35. The van der Waals surface area contributed by atoms with E-state index in [0.29, 0.717) is 0 Å². The third-order valence-electron chi connectivity index (χ3n) is 5.43. The molecule has 3 rings (SSSR count). The van der Waals surface area contributed by atoms with E-state index in [-0.39, 0.29) is 22.4 Å². The molecule has 1 N–H and O–H groups in total. The third kappa shape index (κ3) is 6.24. The summed E-state index contributed by atoms with van der Waals surface area (Å²) in [6, 6.07) is 5.97. The normalized spacial score (nSPS) is 14.0. The van der Waals surface area contributed by atoms with E-state index in [9.17, 15) is 0 Å². The maximum atomic E-state index is 4.57. The Morgan fingerprint density at radius 3 is 2.38 bits per heavy atom. The molecule has 1 unspecified atom stereocenters. The van der Waals surface area contributed by atoms with Gasteiger partial charge in [-0.05, 0) is 72.6 Å². The van der Waals surface area contributed by atoms with Gasteiger partial charge in [0.25, 0.3) is 0 Å². The van der Waals surface area contributed by atoms with Crippen LogP contribution in [0, 0.1) is 10.8 Å². The molecule has 8 heteroatoms. The second-order valence-electron chi connectivity index (χ2n) is 11.7. The van der Waals surface area contributed by atoms with E-state index < -0.39 is 0 Å². The zero-order valence-corrected chi connectivity index (χ0v) is 22.2. The Labute approximate surface area is 199 Å². The van der Waals surface area contributed by atoms with E-state index in [2.05, 4.69) is 102 Å². The molecule has 0 amide bonds. The number of nitrogens with one attached hydrogen (secondary N) is 1. The molecule has 7 nitrogen and oxygen atoms in total. The summed E-state index contributed by atoms with van der Waals surface area (Å²) in [6.07, 6.45) is 4.46. The first-order valence-electron chi connectivity index (χ1n) is 11.2. The maximum Gasteiger partial charge on any atom is 0.174 e. The van der Waals surface area contributed by atoms with Crippen LogP contribution < -0.4 is 5.32 Å². The summed E-state index contributed by atoms with van der Waals surface area (Å²) in [5.74, 6) is 1.64. The molecule has 0 radical (unpaired) electrons. The Bertz CT molecular complexity index is 1060. The van der Waals surface area contributed by atoms with Crippen LogP contribution in [0.2, 0.25) is 0 Å². The summed E-state index contributed by atoms with van der Waals surface area (Å²) in [7, 11) is 0. The Morgan fingerprint density at radius 1 is 1.00 bits per heavy atom. The topological polar surface area (TPSA) is 81.4 Å². The first-order valence-corrected chi connectivity index (χ1v) is 12.0. The molecule has 2 heterocycles. The third-order valence-corrected chi connectivity index (χ3v) is 5.93. The number of hydrogen-bond donors (Lipinski definition) is 1. The molecule has 0 fully saturated rings. The van der Waals surface area contributed by atoms with E-state index in [4.69, 9.17) is 0 Å². The molecule has 32 heavy (non-hydrogen) atoms. The van der Waals surface area contributed by atoms with E-state index in [1.165, 1.54) is 0 Å². The van der Waals surface area contributed by atoms with Gasteiger partial charge in [-0.15, -0.1) is 5.10 Å². The average molecular weight is 503 g/mol. The fourth-order valence-electron chi connectivity index (χ4n) is 4.37. The van der Waals surface area contributed by atoms with Gasteiger partial charge >= 0.3 is 0 Å². The van der Waals surface area contributed by atoms with E-state index in [1.807, 2.05) is 22.9 Å². The highest BCUT2D eigenvalue weighted by atomic mass is 79.9. The van der Waals surface area contributed by atoms with Crippen molar-refractivity contribution in [3.05, 3.63) is 34.8 Å². The molecule has 0 aliphatic rings. The molecule has 0 saturated heterocycles. The van der Waals surface area contributed by atoms with Crippen LogP contribution in [0.1, 0.15) is 86.5 Å². The van der Waals surface area contributed by atoms with Crippen molar-refractivity contribution >= 4 is 32.7 Å². The monoisotopic (exact) mass is 501 g/mol. The van der Waals surface area contributed by atoms with Crippen LogP contribution in [0.4, 0.5) is 5.82 Å². The van der Waals surface area contributed by atoms with Crippen molar-refractivity contribution in [3.8, 4) is 0 Å². The van der Waals surface area contributed by atoms with Crippen molar-refractivity contribution in [2.24, 2.45) is 10.8 Å². The van der Waals surface area contributed by atoms with Gasteiger partial charge in [0.05, 0.1) is 17.1 Å². The van der Waals surface area contributed by atoms with Gasteiger partial charge in [0.15, 0.2) is 5.82 Å². The fraction of sp³-hybridized carbons (Fsp3) is 0.625. The van der Waals surface area contributed by atoms with Crippen molar-refractivity contribution in [2.45, 2.75) is 86.2 Å². The van der Waals surface area contributed by atoms with Gasteiger partial charge < -0.3 is 5.32 Å². The Balaban J connectivity index is 2.01. The number of hydrogen-bond acceptors (Lipinski definition) is 6. The standard InChI is InChI=1S/C24H36BrN7/c1-22(2,3)12-11-18(21-29-30-31-32(21)24(7,8)14-23(4,5)6)28-20-17-10-9-16(25)13-19(17)26-15-27-20/h9-10,13,15,18H,11-12,14H2,1-8H3,(H,26,27,28). The number of tetrazole rings is 1. The van der Waals surface area contributed by atoms with Gasteiger partial charge in [-0.1, -0.05) is 57.5 Å². The summed E-state index contributed by atoms with van der Waals surface area (Å²) in [6.45, 7) is 17.9. The van der Waals surface area contributed by atoms with Gasteiger partial charge in [-0.2, -0.15) is 0 Å². The highest BCUT2D eigenvalue weighted by molar-refractivity contribution is 9.10. The number of aromatic nitrogens is 6. The predicted molar refractivity (Wildman–Crippen MR) is 134 cm³/mol. The number of rotatable bonds is 7. The minimum Gasteiger partial charge on any atom is -0.359 e. The maximum absolute atomic E-state index is 4.57. The Kier molecular flexibility index (Phi) is 6.94. The lowest BCUT2D eigenvalue weighted by atomic mass is 9.81. The molecular weight excluding hydrogens is 466 g/mol. The predicted octanol–water partition coefficient (Wildman–Crippen LogP) is 6.53. The van der Waals surface area contributed by atoms with Gasteiger partial charge in [-0.25, -0.2) is 14.6 Å². The van der Waals surface area contributed by atoms with Crippen LogP contribution in [0.3, 0.4) is 0 Å². The molecular formula is C24H36BrN7. The van der Waals surface area contributed by atoms with E-state index in [1.54, 1.807) is 6.33 Å². The second-order valence-corrected chi connectivity index (χ2v) is 12.6. The largest absolute Gasteiger partial charge is 0.359 e. The molecule has 1 aromatic carbocycles. The highest BCUT2D eigenvalue weighted by Gasteiger charge is 2.33. The number of halogens is 1. The Hall–Kier alpha value is -2.09. The summed E-state index contributed by atoms with van der Waals surface area (Å²) >= 11 is 3.53. The summed E-state index contributed by atoms with van der Waals surface area (Å²) in [4.78, 5) is 8.99. The SMILES string of the molecule is CC(C)(C)CCC(Nc1ncnc2cc(Br)ccc12)c1nnnn1C(C)(C)CC(C)(C)C. The second kappa shape index (κ2) is 9.04. The molecule has 2 aromatic heterocycles. The number of benzene rings is 1. The highest BCUT2D eigenvalue weighted by Crippen LogP contribution is 2.36. The zero-order chi connectivity index (χ0) is 23.7. The van der Waals surface area contributed by atoms with Crippen LogP contribution in [0.5, 0.6) is 0 Å². The lowest BCUT2D eigenvalue weighted by molar-refractivity contribution is 0.188. The number of anilines is 1. The molecule has 0 saturated carbocycles. The van der Waals surface area contributed by atoms with Crippen LogP contribution in [0.25, 0.3) is 10.9 Å². The minimum absolute atomic E-state index is 0.0785. The minimum atomic E-state index is -0.225. The Morgan fingerprint density at radius 2 is 1.72 bits per heavy atom. The van der Waals surface area contributed by atoms with Crippen molar-refractivity contribution in [1.29, 1.82) is 0 Å². The molecule has 174 valence electrons. The molecule has 0 aliphatic carbocycles. The van der Waals surface area contributed by atoms with Crippen molar-refractivity contribution < 1.29 is 0 Å². The van der Waals surface area contributed by atoms with E-state index in [0.717, 1.165) is 46.3 Å². The molecule has 0 aliphatic heterocycles. The van der Waals surface area contributed by atoms with Crippen LogP contribution in [-0.4, -0.2) is 30.2 Å². The lowest BCUT2D eigenvalue weighted by Gasteiger charge is -2.34.